The molecule has 0 saturated carbocycles. The van der Waals surface area contributed by atoms with Gasteiger partial charge in [-0.3, -0.25) is 9.59 Å². The fourth-order valence-corrected chi connectivity index (χ4v) is 2.06. The first-order chi connectivity index (χ1) is 9.84. The Bertz CT molecular complexity index is 472. The summed E-state index contributed by atoms with van der Waals surface area (Å²) in [5, 5.41) is 10.7. The van der Waals surface area contributed by atoms with Gasteiger partial charge in [0.05, 0.1) is 13.2 Å². The molecule has 0 saturated heterocycles. The van der Waals surface area contributed by atoms with Crippen LogP contribution in [0.1, 0.15) is 31.9 Å². The number of ether oxygens (including phenoxy) is 2. The summed E-state index contributed by atoms with van der Waals surface area (Å²) >= 11 is 0. The average Bonchev–Trinajstić information content (AvgIpc) is 2.39. The summed E-state index contributed by atoms with van der Waals surface area (Å²) in [5.41, 5.74) is -0.232. The molecule has 21 heavy (non-hydrogen) atoms. The summed E-state index contributed by atoms with van der Waals surface area (Å²) in [6, 6.07) is 6.97. The zero-order valence-electron chi connectivity index (χ0n) is 12.9. The number of aliphatic hydroxyl groups is 1. The lowest BCUT2D eigenvalue weighted by atomic mass is 9.82. The van der Waals surface area contributed by atoms with Crippen molar-refractivity contribution in [3.05, 3.63) is 35.4 Å². The van der Waals surface area contributed by atoms with Gasteiger partial charge < -0.3 is 14.6 Å². The quantitative estimate of drug-likeness (QED) is 0.641. The molecule has 1 unspecified atom stereocenters. The van der Waals surface area contributed by atoms with E-state index in [1.807, 2.05) is 6.92 Å². The van der Waals surface area contributed by atoms with Crippen molar-refractivity contribution < 1.29 is 24.2 Å². The summed E-state index contributed by atoms with van der Waals surface area (Å²) in [5.74, 6) is -3.00. The Kier molecular flexibility index (Phi) is 5.90. The maximum atomic E-state index is 12.1. The summed E-state index contributed by atoms with van der Waals surface area (Å²) in [6.45, 7) is 6.85. The first kappa shape index (κ1) is 17.2. The van der Waals surface area contributed by atoms with Crippen LogP contribution in [0.25, 0.3) is 0 Å². The monoisotopic (exact) mass is 294 g/mol. The fourth-order valence-electron chi connectivity index (χ4n) is 2.06. The van der Waals surface area contributed by atoms with Gasteiger partial charge in [-0.05, 0) is 33.3 Å². The number of carbonyl (C=O) groups excluding carboxylic acids is 2. The lowest BCUT2D eigenvalue weighted by Crippen LogP contribution is -2.44. The van der Waals surface area contributed by atoms with Crippen molar-refractivity contribution in [2.45, 2.75) is 33.3 Å². The highest BCUT2D eigenvalue weighted by Crippen LogP contribution is 2.31. The largest absolute Gasteiger partial charge is 0.465 e. The van der Waals surface area contributed by atoms with Crippen LogP contribution in [0.15, 0.2) is 24.3 Å². The lowest BCUT2D eigenvalue weighted by molar-refractivity contribution is -0.174. The van der Waals surface area contributed by atoms with Crippen molar-refractivity contribution in [2.24, 2.45) is 5.92 Å². The van der Waals surface area contributed by atoms with Crippen LogP contribution in [-0.2, 0) is 24.7 Å². The van der Waals surface area contributed by atoms with Gasteiger partial charge in [-0.1, -0.05) is 29.8 Å². The van der Waals surface area contributed by atoms with E-state index in [4.69, 9.17) is 9.47 Å². The molecule has 0 amide bonds. The molecule has 0 aromatic heterocycles. The van der Waals surface area contributed by atoms with Gasteiger partial charge in [-0.15, -0.1) is 0 Å². The Morgan fingerprint density at radius 1 is 1.10 bits per heavy atom. The smallest absolute Gasteiger partial charge is 0.323 e. The predicted molar refractivity (Wildman–Crippen MR) is 77.5 cm³/mol. The molecule has 0 radical (unpaired) electrons. The number of hydrogen-bond donors (Lipinski definition) is 1. The molecule has 0 aliphatic rings. The molecule has 1 atom stereocenters. The summed E-state index contributed by atoms with van der Waals surface area (Å²) in [4.78, 5) is 24.1. The van der Waals surface area contributed by atoms with Gasteiger partial charge in [0.15, 0.2) is 5.92 Å². The number of benzene rings is 1. The van der Waals surface area contributed by atoms with Crippen LogP contribution >= 0.6 is 0 Å². The van der Waals surface area contributed by atoms with E-state index >= 15 is 0 Å². The molecule has 1 aromatic carbocycles. The van der Waals surface area contributed by atoms with E-state index in [2.05, 4.69) is 0 Å². The molecule has 0 fully saturated rings. The first-order valence-corrected chi connectivity index (χ1v) is 6.97. The molecule has 0 heterocycles. The maximum Gasteiger partial charge on any atom is 0.323 e. The minimum atomic E-state index is -1.70. The summed E-state index contributed by atoms with van der Waals surface area (Å²) in [6.07, 6.45) is 0. The zero-order chi connectivity index (χ0) is 16.0. The number of esters is 2. The highest BCUT2D eigenvalue weighted by Gasteiger charge is 2.46. The minimum absolute atomic E-state index is 0.124. The second kappa shape index (κ2) is 7.22. The van der Waals surface area contributed by atoms with Gasteiger partial charge in [0, 0.05) is 0 Å². The van der Waals surface area contributed by atoms with Gasteiger partial charge in [0.2, 0.25) is 0 Å². The Morgan fingerprint density at radius 2 is 1.52 bits per heavy atom. The van der Waals surface area contributed by atoms with Crippen LogP contribution in [0, 0.1) is 12.8 Å². The SMILES string of the molecule is CCOC(=O)C(C(=O)OCC)C(C)(O)c1ccc(C)cc1. The molecule has 1 aromatic rings. The van der Waals surface area contributed by atoms with Crippen LogP contribution in [0.4, 0.5) is 0 Å². The van der Waals surface area contributed by atoms with E-state index in [0.717, 1.165) is 5.56 Å². The summed E-state index contributed by atoms with van der Waals surface area (Å²) in [7, 11) is 0. The van der Waals surface area contributed by atoms with Crippen molar-refractivity contribution >= 4 is 11.9 Å². The number of carbonyl (C=O) groups is 2. The average molecular weight is 294 g/mol. The Morgan fingerprint density at radius 3 is 1.90 bits per heavy atom. The molecule has 0 spiro atoms. The van der Waals surface area contributed by atoms with Crippen LogP contribution in [0.3, 0.4) is 0 Å². The zero-order valence-corrected chi connectivity index (χ0v) is 12.9. The third-order valence-corrected chi connectivity index (χ3v) is 3.24. The van der Waals surface area contributed by atoms with Gasteiger partial charge in [-0.25, -0.2) is 0 Å². The minimum Gasteiger partial charge on any atom is -0.465 e. The van der Waals surface area contributed by atoms with Crippen LogP contribution in [-0.4, -0.2) is 30.3 Å². The van der Waals surface area contributed by atoms with E-state index < -0.39 is 23.5 Å². The van der Waals surface area contributed by atoms with Crippen molar-refractivity contribution in [3.63, 3.8) is 0 Å². The van der Waals surface area contributed by atoms with Crippen LogP contribution in [0.5, 0.6) is 0 Å². The lowest BCUT2D eigenvalue weighted by Gasteiger charge is -2.30. The molecule has 0 aliphatic carbocycles. The number of rotatable bonds is 6. The molecule has 5 nitrogen and oxygen atoms in total. The molecule has 0 aliphatic heterocycles. The van der Waals surface area contributed by atoms with Crippen molar-refractivity contribution in [3.8, 4) is 0 Å². The van der Waals surface area contributed by atoms with E-state index in [1.165, 1.54) is 6.92 Å². The number of hydrogen-bond acceptors (Lipinski definition) is 5. The van der Waals surface area contributed by atoms with Gasteiger partial charge >= 0.3 is 11.9 Å². The standard InChI is InChI=1S/C16H22O5/c1-5-20-14(17)13(15(18)21-6-2)16(4,19)12-9-7-11(3)8-10-12/h7-10,13,19H,5-6H2,1-4H3. The molecule has 1 N–H and O–H groups in total. The molecule has 5 heteroatoms. The van der Waals surface area contributed by atoms with E-state index in [1.54, 1.807) is 38.1 Å². The van der Waals surface area contributed by atoms with Gasteiger partial charge in [0.25, 0.3) is 0 Å². The van der Waals surface area contributed by atoms with E-state index in [0.29, 0.717) is 5.56 Å². The van der Waals surface area contributed by atoms with E-state index in [9.17, 15) is 14.7 Å². The second-order valence-electron chi connectivity index (χ2n) is 4.95. The molecular formula is C16H22O5. The third-order valence-electron chi connectivity index (χ3n) is 3.24. The Balaban J connectivity index is 3.18. The Labute approximate surface area is 124 Å². The normalized spacial score (nSPS) is 13.6. The molecular weight excluding hydrogens is 272 g/mol. The van der Waals surface area contributed by atoms with Crippen molar-refractivity contribution in [1.82, 2.24) is 0 Å². The van der Waals surface area contributed by atoms with E-state index in [-0.39, 0.29) is 13.2 Å². The second-order valence-corrected chi connectivity index (χ2v) is 4.95. The molecule has 1 rings (SSSR count). The fraction of sp³-hybridized carbons (Fsp3) is 0.500. The molecule has 116 valence electrons. The highest BCUT2D eigenvalue weighted by atomic mass is 16.6. The third kappa shape index (κ3) is 4.04. The molecule has 0 bridgehead atoms. The Hall–Kier alpha value is -1.88. The summed E-state index contributed by atoms with van der Waals surface area (Å²) < 4.78 is 9.81. The predicted octanol–water partition coefficient (Wildman–Crippen LogP) is 1.94. The number of aryl methyl sites for hydroxylation is 1. The topological polar surface area (TPSA) is 72.8 Å². The van der Waals surface area contributed by atoms with Crippen molar-refractivity contribution in [2.75, 3.05) is 13.2 Å². The maximum absolute atomic E-state index is 12.1. The highest BCUT2D eigenvalue weighted by molar-refractivity contribution is 5.96. The van der Waals surface area contributed by atoms with Crippen molar-refractivity contribution in [1.29, 1.82) is 0 Å². The van der Waals surface area contributed by atoms with Gasteiger partial charge in [0.1, 0.15) is 5.60 Å². The van der Waals surface area contributed by atoms with Crippen LogP contribution < -0.4 is 0 Å². The van der Waals surface area contributed by atoms with Crippen LogP contribution in [0.2, 0.25) is 0 Å². The first-order valence-electron chi connectivity index (χ1n) is 6.97. The van der Waals surface area contributed by atoms with Gasteiger partial charge in [-0.2, -0.15) is 0 Å².